The number of carbonyl (C=O) groups is 1. The van der Waals surface area contributed by atoms with E-state index in [0.717, 1.165) is 13.0 Å². The van der Waals surface area contributed by atoms with E-state index in [1.54, 1.807) is 32.4 Å². The molecule has 0 bridgehead atoms. The molecule has 0 heterocycles. The van der Waals surface area contributed by atoms with Crippen LogP contribution in [0.1, 0.15) is 26.7 Å². The van der Waals surface area contributed by atoms with Crippen molar-refractivity contribution >= 4 is 11.6 Å². The Morgan fingerprint density at radius 1 is 1.19 bits per heavy atom. The fourth-order valence-electron chi connectivity index (χ4n) is 1.83. The van der Waals surface area contributed by atoms with Gasteiger partial charge in [-0.1, -0.05) is 13.8 Å². The van der Waals surface area contributed by atoms with Crippen LogP contribution in [0, 0.1) is 5.92 Å². The maximum atomic E-state index is 11.9. The molecule has 118 valence electrons. The highest BCUT2D eigenvalue weighted by atomic mass is 16.5. The van der Waals surface area contributed by atoms with Gasteiger partial charge in [0.1, 0.15) is 11.5 Å². The maximum absolute atomic E-state index is 11.9. The fraction of sp³-hybridized carbons (Fsp3) is 0.562. The van der Waals surface area contributed by atoms with Crippen molar-refractivity contribution in [2.75, 3.05) is 32.6 Å². The fourth-order valence-corrected chi connectivity index (χ4v) is 1.83. The van der Waals surface area contributed by atoms with Crippen molar-refractivity contribution < 1.29 is 14.3 Å². The van der Waals surface area contributed by atoms with E-state index in [1.807, 2.05) is 0 Å². The van der Waals surface area contributed by atoms with Gasteiger partial charge in [0.25, 0.3) is 0 Å². The molecule has 0 unspecified atom stereocenters. The van der Waals surface area contributed by atoms with Gasteiger partial charge in [0.05, 0.1) is 19.9 Å². The molecule has 1 amide bonds. The molecule has 2 N–H and O–H groups in total. The number of hydrogen-bond donors (Lipinski definition) is 2. The second-order valence-electron chi connectivity index (χ2n) is 5.30. The third-order valence-electron chi connectivity index (χ3n) is 3.11. The number of benzene rings is 1. The molecule has 0 aliphatic carbocycles. The molecule has 0 aromatic heterocycles. The Labute approximate surface area is 127 Å². The van der Waals surface area contributed by atoms with Gasteiger partial charge in [0.2, 0.25) is 5.91 Å². The first-order valence-electron chi connectivity index (χ1n) is 7.29. The highest BCUT2D eigenvalue weighted by molar-refractivity contribution is 5.92. The summed E-state index contributed by atoms with van der Waals surface area (Å²) in [5.74, 6) is 1.93. The third kappa shape index (κ3) is 6.49. The van der Waals surface area contributed by atoms with Crippen molar-refractivity contribution in [3.63, 3.8) is 0 Å². The molecule has 5 nitrogen and oxygen atoms in total. The van der Waals surface area contributed by atoms with E-state index in [-0.39, 0.29) is 5.91 Å². The molecule has 0 radical (unpaired) electrons. The molecule has 0 saturated carbocycles. The lowest BCUT2D eigenvalue weighted by Crippen LogP contribution is -2.23. The number of ether oxygens (including phenoxy) is 2. The summed E-state index contributed by atoms with van der Waals surface area (Å²) in [7, 11) is 3.16. The van der Waals surface area contributed by atoms with Gasteiger partial charge in [-0.2, -0.15) is 0 Å². The van der Waals surface area contributed by atoms with Gasteiger partial charge in [0, 0.05) is 19.0 Å². The van der Waals surface area contributed by atoms with Crippen LogP contribution in [-0.2, 0) is 4.79 Å². The van der Waals surface area contributed by atoms with Gasteiger partial charge in [-0.15, -0.1) is 0 Å². The zero-order valence-electron chi connectivity index (χ0n) is 13.4. The highest BCUT2D eigenvalue weighted by Gasteiger charge is 2.08. The minimum atomic E-state index is -0.0319. The topological polar surface area (TPSA) is 59.6 Å². The molecule has 0 atom stereocenters. The average molecular weight is 294 g/mol. The molecule has 0 spiro atoms. The summed E-state index contributed by atoms with van der Waals surface area (Å²) < 4.78 is 10.4. The van der Waals surface area contributed by atoms with Gasteiger partial charge in [-0.05, 0) is 31.0 Å². The van der Waals surface area contributed by atoms with Crippen LogP contribution in [0.4, 0.5) is 5.69 Å². The monoisotopic (exact) mass is 294 g/mol. The Hall–Kier alpha value is -1.75. The molecular formula is C16H26N2O3. The summed E-state index contributed by atoms with van der Waals surface area (Å²) in [6, 6.07) is 5.32. The van der Waals surface area contributed by atoms with Gasteiger partial charge in [-0.25, -0.2) is 0 Å². The third-order valence-corrected chi connectivity index (χ3v) is 3.11. The van der Waals surface area contributed by atoms with Crippen molar-refractivity contribution in [3.05, 3.63) is 18.2 Å². The number of carbonyl (C=O) groups excluding carboxylic acids is 1. The van der Waals surface area contributed by atoms with Gasteiger partial charge < -0.3 is 20.1 Å². The van der Waals surface area contributed by atoms with E-state index in [1.165, 1.54) is 0 Å². The van der Waals surface area contributed by atoms with Gasteiger partial charge in [-0.3, -0.25) is 4.79 Å². The van der Waals surface area contributed by atoms with Crippen LogP contribution >= 0.6 is 0 Å². The van der Waals surface area contributed by atoms with Crippen LogP contribution in [0.2, 0.25) is 0 Å². The minimum Gasteiger partial charge on any atom is -0.497 e. The number of rotatable bonds is 9. The van der Waals surface area contributed by atoms with E-state index in [9.17, 15) is 4.79 Å². The maximum Gasteiger partial charge on any atom is 0.225 e. The Morgan fingerprint density at radius 3 is 2.57 bits per heavy atom. The molecule has 1 aromatic carbocycles. The zero-order chi connectivity index (χ0) is 15.7. The van der Waals surface area contributed by atoms with Crippen LogP contribution in [0.5, 0.6) is 11.5 Å². The molecule has 0 saturated heterocycles. The lowest BCUT2D eigenvalue weighted by molar-refractivity contribution is -0.116. The molecule has 0 fully saturated rings. The van der Waals surface area contributed by atoms with Crippen molar-refractivity contribution in [1.82, 2.24) is 5.32 Å². The average Bonchev–Trinajstić information content (AvgIpc) is 2.47. The smallest absolute Gasteiger partial charge is 0.225 e. The van der Waals surface area contributed by atoms with Crippen LogP contribution in [0.25, 0.3) is 0 Å². The van der Waals surface area contributed by atoms with Crippen LogP contribution < -0.4 is 20.1 Å². The summed E-state index contributed by atoms with van der Waals surface area (Å²) in [6.07, 6.45) is 1.56. The summed E-state index contributed by atoms with van der Waals surface area (Å²) in [5, 5.41) is 6.12. The van der Waals surface area contributed by atoms with E-state index >= 15 is 0 Å². The van der Waals surface area contributed by atoms with E-state index in [0.29, 0.717) is 36.1 Å². The Morgan fingerprint density at radius 2 is 1.95 bits per heavy atom. The second-order valence-corrected chi connectivity index (χ2v) is 5.30. The van der Waals surface area contributed by atoms with Gasteiger partial charge >= 0.3 is 0 Å². The first-order valence-corrected chi connectivity index (χ1v) is 7.29. The molecule has 1 aromatic rings. The zero-order valence-corrected chi connectivity index (χ0v) is 13.4. The van der Waals surface area contributed by atoms with Crippen LogP contribution in [0.3, 0.4) is 0 Å². The summed E-state index contributed by atoms with van der Waals surface area (Å²) in [5.41, 5.74) is 0.658. The van der Waals surface area contributed by atoms with Crippen molar-refractivity contribution in [2.45, 2.75) is 26.7 Å². The first-order chi connectivity index (χ1) is 10.1. The lowest BCUT2D eigenvalue weighted by atomic mass is 10.1. The number of hydrogen-bond acceptors (Lipinski definition) is 4. The molecule has 1 rings (SSSR count). The quantitative estimate of drug-likeness (QED) is 0.687. The Balaban J connectivity index is 2.40. The first kappa shape index (κ1) is 17.3. The predicted molar refractivity (Wildman–Crippen MR) is 85.1 cm³/mol. The number of anilines is 1. The van der Waals surface area contributed by atoms with Crippen molar-refractivity contribution in [2.24, 2.45) is 5.92 Å². The van der Waals surface area contributed by atoms with E-state index in [4.69, 9.17) is 9.47 Å². The molecule has 0 aliphatic rings. The molecule has 5 heteroatoms. The molecule has 0 aliphatic heterocycles. The second kappa shape index (κ2) is 9.23. The summed E-state index contributed by atoms with van der Waals surface area (Å²) in [4.78, 5) is 11.9. The summed E-state index contributed by atoms with van der Waals surface area (Å²) >= 11 is 0. The number of amides is 1. The predicted octanol–water partition coefficient (Wildman–Crippen LogP) is 2.67. The normalized spacial score (nSPS) is 10.5. The van der Waals surface area contributed by atoms with Crippen LogP contribution in [0.15, 0.2) is 18.2 Å². The molecular weight excluding hydrogens is 268 g/mol. The largest absolute Gasteiger partial charge is 0.497 e. The standard InChI is InChI=1S/C16H26N2O3/c1-12(2)7-9-17-10-8-16(19)18-14-6-5-13(20-3)11-15(14)21-4/h5-6,11-12,17H,7-10H2,1-4H3,(H,18,19). The van der Waals surface area contributed by atoms with E-state index in [2.05, 4.69) is 24.5 Å². The summed E-state index contributed by atoms with van der Waals surface area (Å²) in [6.45, 7) is 5.99. The Kier molecular flexibility index (Phi) is 7.61. The van der Waals surface area contributed by atoms with Gasteiger partial charge in [0.15, 0.2) is 0 Å². The number of methoxy groups -OCH3 is 2. The highest BCUT2D eigenvalue weighted by Crippen LogP contribution is 2.28. The van der Waals surface area contributed by atoms with Crippen molar-refractivity contribution in [3.8, 4) is 11.5 Å². The molecule has 21 heavy (non-hydrogen) atoms. The van der Waals surface area contributed by atoms with Crippen molar-refractivity contribution in [1.29, 1.82) is 0 Å². The minimum absolute atomic E-state index is 0.0319. The lowest BCUT2D eigenvalue weighted by Gasteiger charge is -2.12. The Bertz CT molecular complexity index is 447. The van der Waals surface area contributed by atoms with Crippen LogP contribution in [-0.4, -0.2) is 33.2 Å². The SMILES string of the molecule is COc1ccc(NC(=O)CCNCCC(C)C)c(OC)c1. The van der Waals surface area contributed by atoms with E-state index < -0.39 is 0 Å². The number of nitrogens with one attached hydrogen (secondary N) is 2.